The summed E-state index contributed by atoms with van der Waals surface area (Å²) >= 11 is 0. The number of carbonyl (C=O) groups excluding carboxylic acids is 2. The van der Waals surface area contributed by atoms with Gasteiger partial charge in [-0.25, -0.2) is 0 Å². The molecule has 2 aromatic rings. The zero-order valence-corrected chi connectivity index (χ0v) is 15.3. The van der Waals surface area contributed by atoms with E-state index < -0.39 is 0 Å². The third-order valence-electron chi connectivity index (χ3n) is 4.90. The Morgan fingerprint density at radius 3 is 2.77 bits per heavy atom. The highest BCUT2D eigenvalue weighted by Crippen LogP contribution is 2.33. The minimum atomic E-state index is -0.169. The molecule has 26 heavy (non-hydrogen) atoms. The summed E-state index contributed by atoms with van der Waals surface area (Å²) in [5.41, 5.74) is 3.87. The van der Waals surface area contributed by atoms with Gasteiger partial charge in [-0.15, -0.1) is 0 Å². The largest absolute Gasteiger partial charge is 0.355 e. The molecule has 0 saturated carbocycles. The van der Waals surface area contributed by atoms with Crippen LogP contribution in [-0.2, 0) is 11.2 Å². The molecule has 2 amide bonds. The van der Waals surface area contributed by atoms with Crippen molar-refractivity contribution in [2.75, 3.05) is 26.0 Å². The summed E-state index contributed by atoms with van der Waals surface area (Å²) in [6.07, 6.45) is 3.31. The number of hydrogen-bond acceptors (Lipinski definition) is 3. The summed E-state index contributed by atoms with van der Waals surface area (Å²) < 4.78 is 0. The van der Waals surface area contributed by atoms with E-state index in [-0.39, 0.29) is 17.9 Å². The Morgan fingerprint density at radius 1 is 1.15 bits per heavy atom. The number of hydrogen-bond donors (Lipinski definition) is 2. The highest BCUT2D eigenvalue weighted by Gasteiger charge is 2.24. The molecular weight excluding hydrogens is 326 g/mol. The highest BCUT2D eigenvalue weighted by atomic mass is 16.2. The van der Waals surface area contributed by atoms with Crippen LogP contribution in [0.2, 0.25) is 0 Å². The quantitative estimate of drug-likeness (QED) is 0.870. The lowest BCUT2D eigenvalue weighted by atomic mass is 9.87. The Morgan fingerprint density at radius 2 is 1.96 bits per heavy atom. The third kappa shape index (κ3) is 4.11. The van der Waals surface area contributed by atoms with Crippen LogP contribution in [0, 0.1) is 0 Å². The van der Waals surface area contributed by atoms with Gasteiger partial charge in [0.25, 0.3) is 5.91 Å². The topological polar surface area (TPSA) is 61.4 Å². The van der Waals surface area contributed by atoms with Gasteiger partial charge in [0.1, 0.15) is 0 Å². The molecule has 0 aromatic heterocycles. The van der Waals surface area contributed by atoms with Gasteiger partial charge in [0.2, 0.25) is 5.91 Å². The van der Waals surface area contributed by atoms with Gasteiger partial charge in [-0.1, -0.05) is 30.3 Å². The number of likely N-dealkylation sites (N-methyl/N-ethyl adjacent to an activating group) is 1. The Labute approximate surface area is 154 Å². The summed E-state index contributed by atoms with van der Waals surface area (Å²) in [6, 6.07) is 15.7. The summed E-state index contributed by atoms with van der Waals surface area (Å²) in [4.78, 5) is 26.3. The normalized spacial score (nSPS) is 16.0. The average Bonchev–Trinajstić information content (AvgIpc) is 2.66. The predicted molar refractivity (Wildman–Crippen MR) is 103 cm³/mol. The fourth-order valence-electron chi connectivity index (χ4n) is 3.61. The monoisotopic (exact) mass is 351 g/mol. The molecule has 136 valence electrons. The van der Waals surface area contributed by atoms with Crippen molar-refractivity contribution in [3.05, 3.63) is 65.2 Å². The molecule has 3 rings (SSSR count). The maximum atomic E-state index is 12.5. The third-order valence-corrected chi connectivity index (χ3v) is 4.90. The van der Waals surface area contributed by atoms with Crippen molar-refractivity contribution < 1.29 is 9.59 Å². The van der Waals surface area contributed by atoms with E-state index in [0.29, 0.717) is 17.8 Å². The average molecular weight is 351 g/mol. The second-order valence-corrected chi connectivity index (χ2v) is 6.73. The van der Waals surface area contributed by atoms with Gasteiger partial charge in [0.05, 0.1) is 6.54 Å². The van der Waals surface area contributed by atoms with Gasteiger partial charge in [0.15, 0.2) is 0 Å². The number of aryl methyl sites for hydroxylation is 1. The number of fused-ring (bicyclic) bond motifs is 1. The number of rotatable bonds is 5. The number of carbonyl (C=O) groups is 2. The molecule has 0 unspecified atom stereocenters. The smallest absolute Gasteiger partial charge is 0.251 e. The van der Waals surface area contributed by atoms with Gasteiger partial charge in [-0.05, 0) is 55.6 Å². The molecular formula is C21H25N3O2. The zero-order chi connectivity index (χ0) is 18.5. The molecule has 2 N–H and O–H groups in total. The first-order valence-electron chi connectivity index (χ1n) is 8.98. The molecule has 0 saturated heterocycles. The van der Waals surface area contributed by atoms with Crippen LogP contribution >= 0.6 is 0 Å². The van der Waals surface area contributed by atoms with Crippen LogP contribution in [0.3, 0.4) is 0 Å². The van der Waals surface area contributed by atoms with Crippen molar-refractivity contribution in [3.8, 4) is 0 Å². The molecule has 0 aliphatic heterocycles. The van der Waals surface area contributed by atoms with E-state index in [1.165, 1.54) is 11.1 Å². The highest BCUT2D eigenvalue weighted by molar-refractivity contribution is 5.97. The standard InChI is InChI=1S/C21H25N3O2/c1-22-21(26)16-9-5-10-17(13-16)23-20(25)14-24(2)19-12-6-8-15-7-3-4-11-18(15)19/h3-5,7,9-11,13,19H,6,8,12,14H2,1-2H3,(H,22,26)(H,23,25)/t19-/m1/s1. The maximum Gasteiger partial charge on any atom is 0.251 e. The van der Waals surface area contributed by atoms with E-state index in [1.54, 1.807) is 31.3 Å². The first-order chi connectivity index (χ1) is 12.6. The van der Waals surface area contributed by atoms with Crippen molar-refractivity contribution in [2.45, 2.75) is 25.3 Å². The van der Waals surface area contributed by atoms with E-state index in [2.05, 4.69) is 39.8 Å². The molecule has 0 bridgehead atoms. The van der Waals surface area contributed by atoms with Crippen LogP contribution in [-0.4, -0.2) is 37.4 Å². The number of benzene rings is 2. The lowest BCUT2D eigenvalue weighted by molar-refractivity contribution is -0.117. The van der Waals surface area contributed by atoms with E-state index in [9.17, 15) is 9.59 Å². The fraction of sp³-hybridized carbons (Fsp3) is 0.333. The molecule has 0 heterocycles. The molecule has 1 aliphatic carbocycles. The van der Waals surface area contributed by atoms with Crippen molar-refractivity contribution in [2.24, 2.45) is 0 Å². The lowest BCUT2D eigenvalue weighted by Gasteiger charge is -2.32. The Kier molecular flexibility index (Phi) is 5.68. The summed E-state index contributed by atoms with van der Waals surface area (Å²) in [7, 11) is 3.58. The van der Waals surface area contributed by atoms with Crippen LogP contribution in [0.25, 0.3) is 0 Å². The molecule has 1 aliphatic rings. The van der Waals surface area contributed by atoms with Crippen molar-refractivity contribution in [1.29, 1.82) is 0 Å². The molecule has 0 spiro atoms. The molecule has 5 heteroatoms. The van der Waals surface area contributed by atoms with E-state index >= 15 is 0 Å². The van der Waals surface area contributed by atoms with Gasteiger partial charge < -0.3 is 10.6 Å². The van der Waals surface area contributed by atoms with E-state index in [4.69, 9.17) is 0 Å². The summed E-state index contributed by atoms with van der Waals surface area (Å²) in [5, 5.41) is 5.48. The van der Waals surface area contributed by atoms with Crippen molar-refractivity contribution in [3.63, 3.8) is 0 Å². The SMILES string of the molecule is CNC(=O)c1cccc(NC(=O)CN(C)[C@@H]2CCCc3ccccc32)c1. The second-order valence-electron chi connectivity index (χ2n) is 6.73. The Hall–Kier alpha value is -2.66. The van der Waals surface area contributed by atoms with Gasteiger partial charge in [0, 0.05) is 24.3 Å². The second kappa shape index (κ2) is 8.15. The summed E-state index contributed by atoms with van der Waals surface area (Å²) in [5.74, 6) is -0.248. The minimum absolute atomic E-state index is 0.0791. The van der Waals surface area contributed by atoms with Crippen LogP contribution in [0.5, 0.6) is 0 Å². The first kappa shape index (κ1) is 18.1. The molecule has 5 nitrogen and oxygen atoms in total. The molecule has 1 atom stereocenters. The zero-order valence-electron chi connectivity index (χ0n) is 15.3. The van der Waals surface area contributed by atoms with Gasteiger partial charge in [-0.2, -0.15) is 0 Å². The number of amides is 2. The lowest BCUT2D eigenvalue weighted by Crippen LogP contribution is -2.35. The minimum Gasteiger partial charge on any atom is -0.355 e. The fourth-order valence-corrected chi connectivity index (χ4v) is 3.61. The van der Waals surface area contributed by atoms with Crippen LogP contribution in [0.4, 0.5) is 5.69 Å². The van der Waals surface area contributed by atoms with Gasteiger partial charge >= 0.3 is 0 Å². The van der Waals surface area contributed by atoms with Crippen LogP contribution in [0.1, 0.15) is 40.4 Å². The molecule has 2 aromatic carbocycles. The Bertz CT molecular complexity index is 803. The number of nitrogens with zero attached hydrogens (tertiary/aromatic N) is 1. The summed E-state index contributed by atoms with van der Waals surface area (Å²) in [6.45, 7) is 0.309. The van der Waals surface area contributed by atoms with E-state index in [1.807, 2.05) is 7.05 Å². The van der Waals surface area contributed by atoms with Crippen LogP contribution in [0.15, 0.2) is 48.5 Å². The predicted octanol–water partition coefficient (Wildman–Crippen LogP) is 2.99. The Balaban J connectivity index is 1.65. The van der Waals surface area contributed by atoms with E-state index in [0.717, 1.165) is 19.3 Å². The molecule has 0 fully saturated rings. The van der Waals surface area contributed by atoms with Crippen molar-refractivity contribution >= 4 is 17.5 Å². The number of anilines is 1. The van der Waals surface area contributed by atoms with Gasteiger partial charge in [-0.3, -0.25) is 14.5 Å². The van der Waals surface area contributed by atoms with Crippen LogP contribution < -0.4 is 10.6 Å². The maximum absolute atomic E-state index is 12.5. The van der Waals surface area contributed by atoms with Crippen molar-refractivity contribution in [1.82, 2.24) is 10.2 Å². The number of nitrogens with one attached hydrogen (secondary N) is 2. The molecule has 0 radical (unpaired) electrons. The first-order valence-corrected chi connectivity index (χ1v) is 8.98.